The van der Waals surface area contributed by atoms with Gasteiger partial charge in [-0.3, -0.25) is 9.80 Å². The Hall–Kier alpha value is -0.480. The molecule has 0 saturated heterocycles. The third kappa shape index (κ3) is 24.6. The maximum Gasteiger partial charge on any atom is 0.0110 e. The topological polar surface area (TPSA) is 183 Å². The largest absolute Gasteiger partial charge is 0.329 e. The van der Waals surface area contributed by atoms with E-state index in [-0.39, 0.29) is 0 Å². The van der Waals surface area contributed by atoms with Gasteiger partial charge in [0.1, 0.15) is 0 Å². The highest BCUT2D eigenvalue weighted by Crippen LogP contribution is 1.92. The van der Waals surface area contributed by atoms with Crippen LogP contribution in [0, 0.1) is 0 Å². The summed E-state index contributed by atoms with van der Waals surface area (Å²) in [4.78, 5) is 4.95. The SMILES string of the molecule is NCCNCCNCCNCCNCCN(CCN)CCN(CCNCCN)CCNCCN. The first-order valence-corrected chi connectivity index (χ1v) is 13.3. The van der Waals surface area contributed by atoms with Gasteiger partial charge in [-0.1, -0.05) is 0 Å². The van der Waals surface area contributed by atoms with E-state index in [1.807, 2.05) is 0 Å². The van der Waals surface area contributed by atoms with Gasteiger partial charge in [0.15, 0.2) is 0 Å². The predicted molar refractivity (Wildman–Crippen MR) is 146 cm³/mol. The van der Waals surface area contributed by atoms with Crippen LogP contribution >= 0.6 is 0 Å². The molecule has 0 bridgehead atoms. The van der Waals surface area contributed by atoms with Crippen molar-refractivity contribution in [3.05, 3.63) is 0 Å². The molecule has 0 fully saturated rings. The molecular formula is C22H58N12. The van der Waals surface area contributed by atoms with Crippen molar-refractivity contribution in [3.8, 4) is 0 Å². The molecule has 0 spiro atoms. The Balaban J connectivity index is 3.90. The molecule has 0 saturated carbocycles. The number of nitrogens with one attached hydrogen (secondary N) is 6. The molecule has 0 amide bonds. The monoisotopic (exact) mass is 490 g/mol. The van der Waals surface area contributed by atoms with Gasteiger partial charge in [0.05, 0.1) is 0 Å². The Labute approximate surface area is 209 Å². The van der Waals surface area contributed by atoms with Crippen LogP contribution in [0.4, 0.5) is 0 Å². The van der Waals surface area contributed by atoms with Crippen molar-refractivity contribution in [1.82, 2.24) is 41.7 Å². The summed E-state index contributed by atoms with van der Waals surface area (Å²) in [6, 6.07) is 0. The fourth-order valence-corrected chi connectivity index (χ4v) is 3.43. The lowest BCUT2D eigenvalue weighted by Crippen LogP contribution is -2.44. The average Bonchev–Trinajstić information content (AvgIpc) is 2.84. The van der Waals surface area contributed by atoms with E-state index in [9.17, 15) is 0 Å². The highest BCUT2D eigenvalue weighted by Gasteiger charge is 2.09. The molecule has 14 N–H and O–H groups in total. The van der Waals surface area contributed by atoms with Crippen LogP contribution in [-0.4, -0.2) is 154 Å². The zero-order chi connectivity index (χ0) is 25.0. The zero-order valence-electron chi connectivity index (χ0n) is 21.8. The van der Waals surface area contributed by atoms with Gasteiger partial charge in [0, 0.05) is 144 Å². The molecule has 0 unspecified atom stereocenters. The third-order valence-electron chi connectivity index (χ3n) is 5.39. The minimum atomic E-state index is 0.676. The molecule has 206 valence electrons. The quantitative estimate of drug-likeness (QED) is 0.0451. The van der Waals surface area contributed by atoms with Gasteiger partial charge in [0.2, 0.25) is 0 Å². The Morgan fingerprint density at radius 3 is 0.941 bits per heavy atom. The number of hydrogen-bond donors (Lipinski definition) is 10. The first-order chi connectivity index (χ1) is 16.8. The van der Waals surface area contributed by atoms with Gasteiger partial charge in [-0.2, -0.15) is 0 Å². The van der Waals surface area contributed by atoms with Crippen molar-refractivity contribution < 1.29 is 0 Å². The lowest BCUT2D eigenvalue weighted by molar-refractivity contribution is 0.206. The molecule has 0 aliphatic carbocycles. The highest BCUT2D eigenvalue weighted by molar-refractivity contribution is 4.68. The number of rotatable bonds is 29. The second-order valence-electron chi connectivity index (χ2n) is 8.34. The molecule has 0 aromatic rings. The highest BCUT2D eigenvalue weighted by atomic mass is 15.2. The number of nitrogens with two attached hydrogens (primary N) is 4. The first-order valence-electron chi connectivity index (χ1n) is 13.3. The van der Waals surface area contributed by atoms with Crippen molar-refractivity contribution in [2.75, 3.05) is 144 Å². The van der Waals surface area contributed by atoms with E-state index in [0.29, 0.717) is 26.2 Å². The molecule has 12 nitrogen and oxygen atoms in total. The lowest BCUT2D eigenvalue weighted by atomic mass is 10.3. The molecule has 0 aromatic carbocycles. The van der Waals surface area contributed by atoms with Gasteiger partial charge in [-0.05, 0) is 0 Å². The molecular weight excluding hydrogens is 432 g/mol. The van der Waals surface area contributed by atoms with E-state index in [1.165, 1.54) is 0 Å². The minimum absolute atomic E-state index is 0.676. The van der Waals surface area contributed by atoms with Crippen molar-refractivity contribution in [3.63, 3.8) is 0 Å². The van der Waals surface area contributed by atoms with Crippen molar-refractivity contribution >= 4 is 0 Å². The summed E-state index contributed by atoms with van der Waals surface area (Å²) in [6.45, 7) is 20.1. The van der Waals surface area contributed by atoms with Crippen LogP contribution in [-0.2, 0) is 0 Å². The van der Waals surface area contributed by atoms with E-state index in [0.717, 1.165) is 118 Å². The molecule has 12 heteroatoms. The lowest BCUT2D eigenvalue weighted by Gasteiger charge is -2.28. The van der Waals surface area contributed by atoms with Crippen LogP contribution in [0.25, 0.3) is 0 Å². The second kappa shape index (κ2) is 28.8. The van der Waals surface area contributed by atoms with Crippen LogP contribution in [0.2, 0.25) is 0 Å². The summed E-state index contributed by atoms with van der Waals surface area (Å²) in [5.41, 5.74) is 22.5. The molecule has 34 heavy (non-hydrogen) atoms. The maximum absolute atomic E-state index is 5.86. The molecule has 0 aliphatic heterocycles. The zero-order valence-corrected chi connectivity index (χ0v) is 21.8. The molecule has 0 radical (unpaired) electrons. The van der Waals surface area contributed by atoms with Crippen molar-refractivity contribution in [1.29, 1.82) is 0 Å². The van der Waals surface area contributed by atoms with Crippen LogP contribution in [0.1, 0.15) is 0 Å². The Morgan fingerprint density at radius 2 is 0.588 bits per heavy atom. The van der Waals surface area contributed by atoms with Gasteiger partial charge in [-0.25, -0.2) is 0 Å². The molecule has 0 aliphatic rings. The summed E-state index contributed by atoms with van der Waals surface area (Å²) in [5.74, 6) is 0. The minimum Gasteiger partial charge on any atom is -0.329 e. The van der Waals surface area contributed by atoms with Gasteiger partial charge >= 0.3 is 0 Å². The van der Waals surface area contributed by atoms with Crippen molar-refractivity contribution in [2.24, 2.45) is 22.9 Å². The fraction of sp³-hybridized carbons (Fsp3) is 1.00. The summed E-state index contributed by atoms with van der Waals surface area (Å²) < 4.78 is 0. The summed E-state index contributed by atoms with van der Waals surface area (Å²) in [7, 11) is 0. The van der Waals surface area contributed by atoms with Gasteiger partial charge in [0.25, 0.3) is 0 Å². The van der Waals surface area contributed by atoms with E-state index < -0.39 is 0 Å². The fourth-order valence-electron chi connectivity index (χ4n) is 3.43. The van der Waals surface area contributed by atoms with Crippen LogP contribution in [0.3, 0.4) is 0 Å². The van der Waals surface area contributed by atoms with E-state index >= 15 is 0 Å². The van der Waals surface area contributed by atoms with Gasteiger partial charge in [-0.15, -0.1) is 0 Å². The Morgan fingerprint density at radius 1 is 0.294 bits per heavy atom. The van der Waals surface area contributed by atoms with Crippen molar-refractivity contribution in [2.45, 2.75) is 0 Å². The molecule has 0 rings (SSSR count). The standard InChI is InChI=1S/C22H58N12/c23-1-5-27-8-9-30-10-11-31-12-13-32-16-18-33(17-4-26)21-22-34(19-14-28-6-2-24)20-15-29-7-3-25/h27-32H,1-26H2. The molecule has 0 aromatic heterocycles. The van der Waals surface area contributed by atoms with Crippen LogP contribution in [0.15, 0.2) is 0 Å². The maximum atomic E-state index is 5.86. The number of nitrogens with zero attached hydrogens (tertiary/aromatic N) is 2. The molecule has 0 heterocycles. The first kappa shape index (κ1) is 33.5. The van der Waals surface area contributed by atoms with E-state index in [4.69, 9.17) is 22.9 Å². The van der Waals surface area contributed by atoms with Crippen LogP contribution < -0.4 is 54.8 Å². The van der Waals surface area contributed by atoms with E-state index in [2.05, 4.69) is 41.7 Å². The van der Waals surface area contributed by atoms with Gasteiger partial charge < -0.3 is 54.8 Å². The smallest absolute Gasteiger partial charge is 0.0110 e. The summed E-state index contributed by atoms with van der Waals surface area (Å²) in [5, 5.41) is 20.5. The normalized spacial score (nSPS) is 11.8. The van der Waals surface area contributed by atoms with E-state index in [1.54, 1.807) is 0 Å². The predicted octanol–water partition coefficient (Wildman–Crippen LogP) is -5.04. The summed E-state index contributed by atoms with van der Waals surface area (Å²) in [6.07, 6.45) is 0. The number of hydrogen-bond acceptors (Lipinski definition) is 12. The second-order valence-corrected chi connectivity index (χ2v) is 8.34. The Bertz CT molecular complexity index is 366. The summed E-state index contributed by atoms with van der Waals surface area (Å²) >= 11 is 0. The third-order valence-corrected chi connectivity index (χ3v) is 5.39. The Kier molecular flexibility index (Phi) is 28.3. The average molecular weight is 491 g/mol. The molecule has 0 atom stereocenters. The van der Waals surface area contributed by atoms with Crippen LogP contribution in [0.5, 0.6) is 0 Å².